The molecule has 0 aromatic carbocycles. The minimum absolute atomic E-state index is 0.00258. The molecule has 0 bridgehead atoms. The molecule has 18 heavy (non-hydrogen) atoms. The van der Waals surface area contributed by atoms with Crippen LogP contribution in [-0.4, -0.2) is 37.0 Å². The zero-order chi connectivity index (χ0) is 12.1. The summed E-state index contributed by atoms with van der Waals surface area (Å²) in [6.45, 7) is 0.594. The van der Waals surface area contributed by atoms with Crippen LogP contribution in [0.2, 0.25) is 0 Å². The molecule has 4 aliphatic rings. The van der Waals surface area contributed by atoms with Gasteiger partial charge in [0.2, 0.25) is 0 Å². The quantitative estimate of drug-likeness (QED) is 0.566. The third-order valence-corrected chi connectivity index (χ3v) is 4.91. The Balaban J connectivity index is 1.23. The van der Waals surface area contributed by atoms with Gasteiger partial charge in [-0.15, -0.1) is 0 Å². The SMILES string of the molecule is O=C(OC[C@@H]1CC[C@@H]2O[C@@H]2C1)[C@H]1CC[C@H]2O[C@H]2C1. The van der Waals surface area contributed by atoms with E-state index < -0.39 is 0 Å². The van der Waals surface area contributed by atoms with Crippen molar-refractivity contribution in [2.75, 3.05) is 6.61 Å². The predicted molar refractivity (Wildman–Crippen MR) is 63.0 cm³/mol. The van der Waals surface area contributed by atoms with Crippen molar-refractivity contribution in [3.05, 3.63) is 0 Å². The second-order valence-corrected chi connectivity index (χ2v) is 6.25. The Hall–Kier alpha value is -0.610. The van der Waals surface area contributed by atoms with Crippen LogP contribution < -0.4 is 0 Å². The maximum Gasteiger partial charge on any atom is 0.309 e. The first-order valence-corrected chi connectivity index (χ1v) is 7.27. The molecule has 6 atom stereocenters. The molecule has 4 heteroatoms. The van der Waals surface area contributed by atoms with Gasteiger partial charge < -0.3 is 14.2 Å². The van der Waals surface area contributed by atoms with Crippen LogP contribution in [-0.2, 0) is 19.0 Å². The summed E-state index contributed by atoms with van der Waals surface area (Å²) in [6.07, 6.45) is 8.03. The fourth-order valence-electron chi connectivity index (χ4n) is 3.57. The Morgan fingerprint density at radius 2 is 1.67 bits per heavy atom. The number of rotatable bonds is 3. The molecule has 100 valence electrons. The topological polar surface area (TPSA) is 51.4 Å². The highest BCUT2D eigenvalue weighted by molar-refractivity contribution is 5.72. The van der Waals surface area contributed by atoms with E-state index in [-0.39, 0.29) is 11.9 Å². The van der Waals surface area contributed by atoms with Crippen molar-refractivity contribution in [2.24, 2.45) is 11.8 Å². The highest BCUT2D eigenvalue weighted by Crippen LogP contribution is 2.41. The molecule has 0 N–H and O–H groups in total. The minimum Gasteiger partial charge on any atom is -0.465 e. The fraction of sp³-hybridized carbons (Fsp3) is 0.929. The molecule has 4 fully saturated rings. The lowest BCUT2D eigenvalue weighted by atomic mass is 9.89. The molecule has 2 aliphatic carbocycles. The van der Waals surface area contributed by atoms with Gasteiger partial charge in [-0.1, -0.05) is 0 Å². The molecule has 0 aromatic heterocycles. The van der Waals surface area contributed by atoms with Gasteiger partial charge in [-0.2, -0.15) is 0 Å². The molecule has 0 unspecified atom stereocenters. The van der Waals surface area contributed by atoms with Gasteiger partial charge >= 0.3 is 5.97 Å². The summed E-state index contributed by atoms with van der Waals surface area (Å²) in [6, 6.07) is 0. The van der Waals surface area contributed by atoms with Gasteiger partial charge in [-0.25, -0.2) is 0 Å². The van der Waals surface area contributed by atoms with Gasteiger partial charge in [-0.3, -0.25) is 4.79 Å². The fourth-order valence-corrected chi connectivity index (χ4v) is 3.57. The zero-order valence-corrected chi connectivity index (χ0v) is 10.5. The van der Waals surface area contributed by atoms with Gasteiger partial charge in [0.05, 0.1) is 36.9 Å². The molecular weight excluding hydrogens is 232 g/mol. The summed E-state index contributed by atoms with van der Waals surface area (Å²) in [5, 5.41) is 0. The van der Waals surface area contributed by atoms with Crippen LogP contribution in [0.5, 0.6) is 0 Å². The van der Waals surface area contributed by atoms with E-state index in [4.69, 9.17) is 14.2 Å². The first-order valence-electron chi connectivity index (χ1n) is 7.27. The van der Waals surface area contributed by atoms with Crippen molar-refractivity contribution in [2.45, 2.75) is 62.9 Å². The average molecular weight is 252 g/mol. The van der Waals surface area contributed by atoms with Crippen molar-refractivity contribution in [1.82, 2.24) is 0 Å². The monoisotopic (exact) mass is 252 g/mol. The van der Waals surface area contributed by atoms with Crippen LogP contribution in [0.3, 0.4) is 0 Å². The molecule has 0 radical (unpaired) electrons. The van der Waals surface area contributed by atoms with Crippen molar-refractivity contribution >= 4 is 5.97 Å². The van der Waals surface area contributed by atoms with E-state index >= 15 is 0 Å². The third-order valence-electron chi connectivity index (χ3n) is 4.91. The Labute approximate surface area is 107 Å². The second kappa shape index (κ2) is 4.20. The van der Waals surface area contributed by atoms with Crippen LogP contribution >= 0.6 is 0 Å². The predicted octanol–water partition coefficient (Wildman–Crippen LogP) is 1.66. The third kappa shape index (κ3) is 2.16. The maximum absolute atomic E-state index is 12.0. The molecule has 4 nitrogen and oxygen atoms in total. The van der Waals surface area contributed by atoms with Crippen molar-refractivity contribution in [3.63, 3.8) is 0 Å². The minimum atomic E-state index is 0.00258. The molecule has 0 spiro atoms. The molecule has 0 aromatic rings. The van der Waals surface area contributed by atoms with E-state index in [2.05, 4.69) is 0 Å². The van der Waals surface area contributed by atoms with Gasteiger partial charge in [0.15, 0.2) is 0 Å². The lowest BCUT2D eigenvalue weighted by molar-refractivity contribution is -0.151. The van der Waals surface area contributed by atoms with Crippen LogP contribution in [0.15, 0.2) is 0 Å². The van der Waals surface area contributed by atoms with E-state index in [1.54, 1.807) is 0 Å². The summed E-state index contributed by atoms with van der Waals surface area (Å²) in [7, 11) is 0. The van der Waals surface area contributed by atoms with Crippen molar-refractivity contribution in [1.29, 1.82) is 0 Å². The number of hydrogen-bond acceptors (Lipinski definition) is 4. The average Bonchev–Trinajstić information content (AvgIpc) is 3.26. The summed E-state index contributed by atoms with van der Waals surface area (Å²) in [5.74, 6) is 0.608. The Morgan fingerprint density at radius 3 is 2.39 bits per heavy atom. The highest BCUT2D eigenvalue weighted by atomic mass is 16.6. The molecule has 2 saturated carbocycles. The maximum atomic E-state index is 12.0. The van der Waals surface area contributed by atoms with Gasteiger partial charge in [0.25, 0.3) is 0 Å². The van der Waals surface area contributed by atoms with Crippen LogP contribution in [0.25, 0.3) is 0 Å². The van der Waals surface area contributed by atoms with Crippen LogP contribution in [0.4, 0.5) is 0 Å². The lowest BCUT2D eigenvalue weighted by Gasteiger charge is -2.21. The molecular formula is C14H20O4. The smallest absolute Gasteiger partial charge is 0.309 e. The van der Waals surface area contributed by atoms with Crippen LogP contribution in [0.1, 0.15) is 38.5 Å². The second-order valence-electron chi connectivity index (χ2n) is 6.25. The van der Waals surface area contributed by atoms with E-state index in [0.717, 1.165) is 38.5 Å². The van der Waals surface area contributed by atoms with Crippen LogP contribution in [0, 0.1) is 11.8 Å². The summed E-state index contributed by atoms with van der Waals surface area (Å²) >= 11 is 0. The van der Waals surface area contributed by atoms with E-state index in [1.165, 1.54) is 0 Å². The Kier molecular flexibility index (Phi) is 2.62. The molecule has 2 aliphatic heterocycles. The molecule has 0 amide bonds. The highest BCUT2D eigenvalue weighted by Gasteiger charge is 2.47. The normalized spacial score (nSPS) is 48.9. The number of carbonyl (C=O) groups excluding carboxylic acids is 1. The van der Waals surface area contributed by atoms with E-state index in [1.807, 2.05) is 0 Å². The summed E-state index contributed by atoms with van der Waals surface area (Å²) in [4.78, 5) is 12.0. The zero-order valence-electron chi connectivity index (χ0n) is 10.5. The summed E-state index contributed by atoms with van der Waals surface area (Å²) in [5.41, 5.74) is 0. The number of epoxide rings is 2. The Morgan fingerprint density at radius 1 is 0.944 bits per heavy atom. The van der Waals surface area contributed by atoms with Gasteiger partial charge in [0.1, 0.15) is 0 Å². The van der Waals surface area contributed by atoms with Crippen molar-refractivity contribution in [3.8, 4) is 0 Å². The number of fused-ring (bicyclic) bond motifs is 2. The number of esters is 1. The first kappa shape index (κ1) is 11.2. The number of carbonyl (C=O) groups is 1. The number of ether oxygens (including phenoxy) is 3. The lowest BCUT2D eigenvalue weighted by Crippen LogP contribution is -2.27. The molecule has 4 rings (SSSR count). The van der Waals surface area contributed by atoms with E-state index in [9.17, 15) is 4.79 Å². The standard InChI is InChI=1S/C14H20O4/c15-14(9-2-4-11-13(6-9)18-11)16-7-8-1-3-10-12(5-8)17-10/h8-13H,1-7H2/t8-,9+,10+,11-,12-,13+/m1/s1. The summed E-state index contributed by atoms with van der Waals surface area (Å²) < 4.78 is 16.4. The van der Waals surface area contributed by atoms with Crippen molar-refractivity contribution < 1.29 is 19.0 Å². The largest absolute Gasteiger partial charge is 0.465 e. The molecule has 2 saturated heterocycles. The van der Waals surface area contributed by atoms with Gasteiger partial charge in [-0.05, 0) is 44.4 Å². The first-order chi connectivity index (χ1) is 8.79. The van der Waals surface area contributed by atoms with E-state index in [0.29, 0.717) is 36.9 Å². The Bertz CT molecular complexity index is 356. The van der Waals surface area contributed by atoms with Gasteiger partial charge in [0, 0.05) is 0 Å². The number of hydrogen-bond donors (Lipinski definition) is 0. The molecule has 2 heterocycles.